The molecule has 76 valence electrons. The molecule has 1 aromatic heterocycles. The average Bonchev–Trinajstić information content (AvgIpc) is 2.65. The molecule has 0 aliphatic carbocycles. The molecule has 0 aliphatic rings. The second kappa shape index (κ2) is 6.44. The van der Waals surface area contributed by atoms with Crippen LogP contribution in [0.4, 0.5) is 0 Å². The smallest absolute Gasteiger partial charge is 0.131 e. The van der Waals surface area contributed by atoms with Crippen LogP contribution in [0.3, 0.4) is 0 Å². The van der Waals surface area contributed by atoms with Crippen molar-refractivity contribution in [2.45, 2.75) is 32.6 Å². The summed E-state index contributed by atoms with van der Waals surface area (Å²) in [6.07, 6.45) is 4.85. The summed E-state index contributed by atoms with van der Waals surface area (Å²) >= 11 is 1.43. The van der Waals surface area contributed by atoms with Crippen LogP contribution in [0, 0.1) is 11.3 Å². The molecule has 1 heterocycles. The fraction of sp³-hybridized carbons (Fsp3) is 0.545. The summed E-state index contributed by atoms with van der Waals surface area (Å²) in [5, 5.41) is 10.5. The first-order chi connectivity index (χ1) is 6.86. The maximum Gasteiger partial charge on any atom is 0.131 e. The number of hydrogen-bond acceptors (Lipinski definition) is 3. The molecule has 0 amide bonds. The van der Waals surface area contributed by atoms with Crippen LogP contribution in [0.25, 0.3) is 0 Å². The van der Waals surface area contributed by atoms with E-state index in [0.29, 0.717) is 4.88 Å². The molecule has 2 nitrogen and oxygen atoms in total. The van der Waals surface area contributed by atoms with Crippen molar-refractivity contribution in [1.29, 1.82) is 5.26 Å². The van der Waals surface area contributed by atoms with Crippen molar-refractivity contribution >= 4 is 11.3 Å². The summed E-state index contributed by atoms with van der Waals surface area (Å²) in [7, 11) is 0. The van der Waals surface area contributed by atoms with E-state index in [9.17, 15) is 0 Å². The largest absolute Gasteiger partial charge is 0.493 e. The number of ether oxygens (including phenoxy) is 1. The van der Waals surface area contributed by atoms with Gasteiger partial charge in [-0.25, -0.2) is 0 Å². The van der Waals surface area contributed by atoms with E-state index in [1.54, 1.807) is 6.07 Å². The van der Waals surface area contributed by atoms with E-state index >= 15 is 0 Å². The molecule has 0 saturated heterocycles. The Hall–Kier alpha value is -1.01. The maximum absolute atomic E-state index is 8.60. The Bertz CT molecular complexity index is 300. The zero-order valence-corrected chi connectivity index (χ0v) is 9.27. The van der Waals surface area contributed by atoms with Crippen LogP contribution in [0.2, 0.25) is 0 Å². The zero-order valence-electron chi connectivity index (χ0n) is 8.45. The summed E-state index contributed by atoms with van der Waals surface area (Å²) in [4.78, 5) is 0.716. The molecule has 0 bridgehead atoms. The van der Waals surface area contributed by atoms with Gasteiger partial charge in [0.1, 0.15) is 16.7 Å². The van der Waals surface area contributed by atoms with E-state index in [2.05, 4.69) is 13.0 Å². The van der Waals surface area contributed by atoms with Gasteiger partial charge in [0.2, 0.25) is 0 Å². The molecule has 14 heavy (non-hydrogen) atoms. The van der Waals surface area contributed by atoms with Crippen LogP contribution in [0.5, 0.6) is 5.75 Å². The molecule has 0 atom stereocenters. The normalized spacial score (nSPS) is 9.71. The minimum absolute atomic E-state index is 0.716. The molecule has 0 spiro atoms. The summed E-state index contributed by atoms with van der Waals surface area (Å²) in [5.41, 5.74) is 0. The van der Waals surface area contributed by atoms with Gasteiger partial charge in [0.15, 0.2) is 0 Å². The van der Waals surface area contributed by atoms with Crippen molar-refractivity contribution in [2.24, 2.45) is 0 Å². The number of rotatable bonds is 6. The monoisotopic (exact) mass is 209 g/mol. The second-order valence-electron chi connectivity index (χ2n) is 3.17. The number of thiophene rings is 1. The van der Waals surface area contributed by atoms with Gasteiger partial charge in [-0.15, -0.1) is 11.3 Å². The number of nitrogens with zero attached hydrogens (tertiary/aromatic N) is 1. The standard InChI is InChI=1S/C11H15NOS/c1-2-3-4-5-6-13-10-7-11(8-12)14-9-10/h7,9H,2-6H2,1H3. The van der Waals surface area contributed by atoms with Crippen LogP contribution in [0.1, 0.15) is 37.5 Å². The second-order valence-corrected chi connectivity index (χ2v) is 4.08. The van der Waals surface area contributed by atoms with Crippen molar-refractivity contribution in [1.82, 2.24) is 0 Å². The van der Waals surface area contributed by atoms with Gasteiger partial charge in [-0.05, 0) is 6.42 Å². The lowest BCUT2D eigenvalue weighted by Crippen LogP contribution is -1.95. The molecular formula is C11H15NOS. The van der Waals surface area contributed by atoms with Gasteiger partial charge in [0.05, 0.1) is 6.61 Å². The Balaban J connectivity index is 2.16. The fourth-order valence-electron chi connectivity index (χ4n) is 1.17. The molecule has 1 rings (SSSR count). The van der Waals surface area contributed by atoms with Gasteiger partial charge in [-0.3, -0.25) is 0 Å². The Morgan fingerprint density at radius 3 is 2.93 bits per heavy atom. The number of unbranched alkanes of at least 4 members (excludes halogenated alkanes) is 3. The van der Waals surface area contributed by atoms with Gasteiger partial charge in [0, 0.05) is 11.4 Å². The minimum atomic E-state index is 0.716. The van der Waals surface area contributed by atoms with Gasteiger partial charge in [-0.2, -0.15) is 5.26 Å². The lowest BCUT2D eigenvalue weighted by atomic mass is 10.2. The van der Waals surface area contributed by atoms with E-state index in [4.69, 9.17) is 10.00 Å². The molecule has 0 N–H and O–H groups in total. The van der Waals surface area contributed by atoms with Gasteiger partial charge in [0.25, 0.3) is 0 Å². The molecule has 0 aliphatic heterocycles. The van der Waals surface area contributed by atoms with Gasteiger partial charge >= 0.3 is 0 Å². The Labute approximate surface area is 89.1 Å². The number of hydrogen-bond donors (Lipinski definition) is 0. The predicted octanol–water partition coefficient (Wildman–Crippen LogP) is 3.58. The van der Waals surface area contributed by atoms with E-state index < -0.39 is 0 Å². The van der Waals surface area contributed by atoms with Crippen LogP contribution in [-0.2, 0) is 0 Å². The van der Waals surface area contributed by atoms with Crippen molar-refractivity contribution in [2.75, 3.05) is 6.61 Å². The van der Waals surface area contributed by atoms with Crippen molar-refractivity contribution in [3.05, 3.63) is 16.3 Å². The van der Waals surface area contributed by atoms with E-state index in [0.717, 1.165) is 18.8 Å². The van der Waals surface area contributed by atoms with Crippen molar-refractivity contribution in [3.63, 3.8) is 0 Å². The Kier molecular flexibility index (Phi) is 5.09. The van der Waals surface area contributed by atoms with Gasteiger partial charge in [-0.1, -0.05) is 26.2 Å². The summed E-state index contributed by atoms with van der Waals surface area (Å²) < 4.78 is 5.49. The average molecular weight is 209 g/mol. The third-order valence-corrected chi connectivity index (χ3v) is 2.77. The SMILES string of the molecule is CCCCCCOc1csc(C#N)c1. The topological polar surface area (TPSA) is 33.0 Å². The van der Waals surface area contributed by atoms with E-state index in [1.807, 2.05) is 5.38 Å². The molecule has 3 heteroatoms. The van der Waals surface area contributed by atoms with Crippen molar-refractivity contribution < 1.29 is 4.74 Å². The molecular weight excluding hydrogens is 194 g/mol. The number of nitriles is 1. The summed E-state index contributed by atoms with van der Waals surface area (Å²) in [6.45, 7) is 2.96. The first kappa shape index (κ1) is 11.1. The quantitative estimate of drug-likeness (QED) is 0.671. The lowest BCUT2D eigenvalue weighted by Gasteiger charge is -2.02. The van der Waals surface area contributed by atoms with Crippen molar-refractivity contribution in [3.8, 4) is 11.8 Å². The zero-order chi connectivity index (χ0) is 10.2. The highest BCUT2D eigenvalue weighted by molar-refractivity contribution is 7.10. The molecule has 0 saturated carbocycles. The Morgan fingerprint density at radius 2 is 2.29 bits per heavy atom. The summed E-state index contributed by atoms with van der Waals surface area (Å²) in [5.74, 6) is 0.836. The molecule has 1 aromatic rings. The first-order valence-electron chi connectivity index (χ1n) is 4.98. The highest BCUT2D eigenvalue weighted by atomic mass is 32.1. The summed E-state index contributed by atoms with van der Waals surface area (Å²) in [6, 6.07) is 3.89. The third kappa shape index (κ3) is 3.80. The van der Waals surface area contributed by atoms with Crippen LogP contribution in [-0.4, -0.2) is 6.61 Å². The van der Waals surface area contributed by atoms with E-state index in [-0.39, 0.29) is 0 Å². The molecule has 0 radical (unpaired) electrons. The van der Waals surface area contributed by atoms with Gasteiger partial charge < -0.3 is 4.74 Å². The molecule has 0 aromatic carbocycles. The van der Waals surface area contributed by atoms with Crippen LogP contribution in [0.15, 0.2) is 11.4 Å². The fourth-order valence-corrected chi connectivity index (χ4v) is 1.79. The highest BCUT2D eigenvalue weighted by Crippen LogP contribution is 2.20. The van der Waals surface area contributed by atoms with Crippen LogP contribution < -0.4 is 4.74 Å². The third-order valence-electron chi connectivity index (χ3n) is 1.95. The van der Waals surface area contributed by atoms with E-state index in [1.165, 1.54) is 30.6 Å². The molecule has 0 unspecified atom stereocenters. The maximum atomic E-state index is 8.60. The minimum Gasteiger partial charge on any atom is -0.493 e. The lowest BCUT2D eigenvalue weighted by molar-refractivity contribution is 0.306. The highest BCUT2D eigenvalue weighted by Gasteiger charge is 1.98. The first-order valence-corrected chi connectivity index (χ1v) is 5.86. The predicted molar refractivity (Wildman–Crippen MR) is 58.7 cm³/mol. The molecule has 0 fully saturated rings. The Morgan fingerprint density at radius 1 is 1.43 bits per heavy atom. The van der Waals surface area contributed by atoms with Crippen LogP contribution >= 0.6 is 11.3 Å².